The van der Waals surface area contributed by atoms with Crippen LogP contribution in [0.5, 0.6) is 0 Å². The number of rotatable bonds is 7. The van der Waals surface area contributed by atoms with Gasteiger partial charge in [-0.3, -0.25) is 9.69 Å². The predicted octanol–water partition coefficient (Wildman–Crippen LogP) is 2.87. The zero-order valence-corrected chi connectivity index (χ0v) is 15.8. The van der Waals surface area contributed by atoms with Gasteiger partial charge in [-0.2, -0.15) is 0 Å². The normalized spacial score (nSPS) is 21.3. The van der Waals surface area contributed by atoms with E-state index < -0.39 is 0 Å². The highest BCUT2D eigenvalue weighted by Gasteiger charge is 2.23. The molecule has 0 radical (unpaired) electrons. The Morgan fingerprint density at radius 1 is 1.57 bits per heavy atom. The molecule has 0 saturated carbocycles. The second-order valence-corrected chi connectivity index (χ2v) is 7.51. The van der Waals surface area contributed by atoms with Crippen LogP contribution in [0.15, 0.2) is 17.5 Å². The number of carbonyl (C=O) groups is 1. The van der Waals surface area contributed by atoms with Crippen LogP contribution in [0.2, 0.25) is 0 Å². The summed E-state index contributed by atoms with van der Waals surface area (Å²) in [5.41, 5.74) is 5.98. The summed E-state index contributed by atoms with van der Waals surface area (Å²) >= 11 is 1.82. The van der Waals surface area contributed by atoms with Gasteiger partial charge in [0.2, 0.25) is 5.91 Å². The van der Waals surface area contributed by atoms with Gasteiger partial charge < -0.3 is 11.1 Å². The number of nitrogens with zero attached hydrogens (tertiary/aromatic N) is 1. The summed E-state index contributed by atoms with van der Waals surface area (Å²) < 4.78 is 0. The molecule has 2 rings (SSSR count). The van der Waals surface area contributed by atoms with E-state index in [1.807, 2.05) is 18.3 Å². The first-order chi connectivity index (χ1) is 10.6. The summed E-state index contributed by atoms with van der Waals surface area (Å²) in [4.78, 5) is 16.0. The predicted molar refractivity (Wildman–Crippen MR) is 100 cm³/mol. The van der Waals surface area contributed by atoms with E-state index >= 15 is 0 Å². The largest absolute Gasteiger partial charge is 0.354 e. The lowest BCUT2D eigenvalue weighted by atomic mass is 9.96. The first-order valence-corrected chi connectivity index (χ1v) is 9.26. The molecule has 1 saturated heterocycles. The average Bonchev–Trinajstić information content (AvgIpc) is 3.04. The minimum atomic E-state index is -0.379. The lowest BCUT2D eigenvalue weighted by Crippen LogP contribution is -2.47. The van der Waals surface area contributed by atoms with E-state index in [4.69, 9.17) is 5.73 Å². The number of amides is 1. The summed E-state index contributed by atoms with van der Waals surface area (Å²) in [5, 5.41) is 5.19. The smallest absolute Gasteiger partial charge is 0.237 e. The molecule has 0 aromatic carbocycles. The van der Waals surface area contributed by atoms with Gasteiger partial charge in [0.1, 0.15) is 0 Å². The van der Waals surface area contributed by atoms with E-state index in [1.54, 1.807) is 0 Å². The first-order valence-electron chi connectivity index (χ1n) is 8.38. The third-order valence-corrected chi connectivity index (χ3v) is 5.55. The van der Waals surface area contributed by atoms with E-state index in [0.717, 1.165) is 32.6 Å². The molecule has 6 heteroatoms. The van der Waals surface area contributed by atoms with Crippen molar-refractivity contribution >= 4 is 29.7 Å². The molecule has 0 bridgehead atoms. The summed E-state index contributed by atoms with van der Waals surface area (Å²) in [6, 6.07) is 3.93. The molecule has 0 aliphatic carbocycles. The minimum absolute atomic E-state index is 0. The molecule has 1 aliphatic heterocycles. The zero-order chi connectivity index (χ0) is 15.9. The van der Waals surface area contributed by atoms with Gasteiger partial charge >= 0.3 is 0 Å². The number of carbonyl (C=O) groups excluding carboxylic acids is 1. The Morgan fingerprint density at radius 3 is 3.00 bits per heavy atom. The van der Waals surface area contributed by atoms with Crippen LogP contribution in [0.1, 0.15) is 38.0 Å². The highest BCUT2D eigenvalue weighted by Crippen LogP contribution is 2.20. The molecule has 1 aromatic heterocycles. The molecule has 3 unspecified atom stereocenters. The van der Waals surface area contributed by atoms with E-state index in [0.29, 0.717) is 5.92 Å². The molecular weight excluding hydrogens is 330 g/mol. The molecule has 2 heterocycles. The Morgan fingerprint density at radius 2 is 2.35 bits per heavy atom. The first kappa shape index (κ1) is 20.4. The van der Waals surface area contributed by atoms with Crippen LogP contribution in [-0.2, 0) is 11.3 Å². The van der Waals surface area contributed by atoms with Gasteiger partial charge in [0.15, 0.2) is 0 Å². The summed E-state index contributed by atoms with van der Waals surface area (Å²) in [7, 11) is 0. The molecule has 132 valence electrons. The monoisotopic (exact) mass is 359 g/mol. The van der Waals surface area contributed by atoms with Crippen molar-refractivity contribution in [2.24, 2.45) is 17.6 Å². The standard InChI is InChI=1S/C17H29N3OS.ClH/c1-3-13(2)16(18)17(21)19-10-14-6-4-8-20(11-14)12-15-7-5-9-22-15;/h5,7,9,13-14,16H,3-4,6,8,10-12,18H2,1-2H3,(H,19,21);1H. The fraction of sp³-hybridized carbons (Fsp3) is 0.706. The SMILES string of the molecule is CCC(C)C(N)C(=O)NCC1CCCN(Cc2cccs2)C1.Cl. The lowest BCUT2D eigenvalue weighted by molar-refractivity contribution is -0.123. The highest BCUT2D eigenvalue weighted by molar-refractivity contribution is 7.09. The number of piperidine rings is 1. The highest BCUT2D eigenvalue weighted by atomic mass is 35.5. The second-order valence-electron chi connectivity index (χ2n) is 6.48. The second kappa shape index (κ2) is 10.3. The van der Waals surface area contributed by atoms with Crippen molar-refractivity contribution in [1.29, 1.82) is 0 Å². The Kier molecular flexibility index (Phi) is 9.14. The van der Waals surface area contributed by atoms with E-state index in [1.165, 1.54) is 17.7 Å². The van der Waals surface area contributed by atoms with Crippen LogP contribution in [0.25, 0.3) is 0 Å². The van der Waals surface area contributed by atoms with Crippen molar-refractivity contribution in [3.05, 3.63) is 22.4 Å². The van der Waals surface area contributed by atoms with E-state index in [-0.39, 0.29) is 30.3 Å². The molecule has 4 nitrogen and oxygen atoms in total. The lowest BCUT2D eigenvalue weighted by Gasteiger charge is -2.32. The molecule has 23 heavy (non-hydrogen) atoms. The third kappa shape index (κ3) is 6.42. The Hall–Kier alpha value is -0.620. The van der Waals surface area contributed by atoms with Crippen LogP contribution in [-0.4, -0.2) is 36.5 Å². The summed E-state index contributed by atoms with van der Waals surface area (Å²) in [5.74, 6) is 0.785. The average molecular weight is 360 g/mol. The van der Waals surface area contributed by atoms with Gasteiger partial charge in [-0.05, 0) is 42.7 Å². The number of nitrogens with two attached hydrogens (primary N) is 1. The van der Waals surface area contributed by atoms with Gasteiger partial charge in [-0.25, -0.2) is 0 Å². The molecular formula is C17H30ClN3OS. The third-order valence-electron chi connectivity index (χ3n) is 4.69. The fourth-order valence-electron chi connectivity index (χ4n) is 2.96. The zero-order valence-electron chi connectivity index (χ0n) is 14.2. The fourth-order valence-corrected chi connectivity index (χ4v) is 3.71. The molecule has 1 fully saturated rings. The Bertz CT molecular complexity index is 455. The molecule has 1 aliphatic rings. The Balaban J connectivity index is 0.00000264. The number of thiophene rings is 1. The van der Waals surface area contributed by atoms with Crippen LogP contribution < -0.4 is 11.1 Å². The molecule has 1 amide bonds. The molecule has 3 atom stereocenters. The van der Waals surface area contributed by atoms with Crippen molar-refractivity contribution in [1.82, 2.24) is 10.2 Å². The number of likely N-dealkylation sites (tertiary alicyclic amines) is 1. The minimum Gasteiger partial charge on any atom is -0.354 e. The van der Waals surface area contributed by atoms with Crippen molar-refractivity contribution < 1.29 is 4.79 Å². The Labute approximate surface area is 150 Å². The van der Waals surface area contributed by atoms with E-state index in [2.05, 4.69) is 34.7 Å². The van der Waals surface area contributed by atoms with Crippen LogP contribution in [0.3, 0.4) is 0 Å². The van der Waals surface area contributed by atoms with Gasteiger partial charge in [0, 0.05) is 24.5 Å². The van der Waals surface area contributed by atoms with Crippen molar-refractivity contribution in [2.45, 2.75) is 45.7 Å². The number of nitrogens with one attached hydrogen (secondary N) is 1. The molecule has 1 aromatic rings. The number of hydrogen-bond donors (Lipinski definition) is 2. The van der Waals surface area contributed by atoms with Crippen molar-refractivity contribution in [3.63, 3.8) is 0 Å². The van der Waals surface area contributed by atoms with Crippen LogP contribution in [0, 0.1) is 11.8 Å². The van der Waals surface area contributed by atoms with Gasteiger partial charge in [-0.15, -0.1) is 23.7 Å². The molecule has 3 N–H and O–H groups in total. The number of hydrogen-bond acceptors (Lipinski definition) is 4. The van der Waals surface area contributed by atoms with E-state index in [9.17, 15) is 4.79 Å². The summed E-state index contributed by atoms with van der Waals surface area (Å²) in [6.45, 7) is 8.12. The quantitative estimate of drug-likeness (QED) is 0.787. The van der Waals surface area contributed by atoms with Crippen LogP contribution in [0.4, 0.5) is 0 Å². The van der Waals surface area contributed by atoms with Gasteiger partial charge in [0.05, 0.1) is 6.04 Å². The number of halogens is 1. The topological polar surface area (TPSA) is 58.4 Å². The van der Waals surface area contributed by atoms with Gasteiger partial charge in [-0.1, -0.05) is 26.3 Å². The molecule has 0 spiro atoms. The maximum absolute atomic E-state index is 12.1. The van der Waals surface area contributed by atoms with Crippen molar-refractivity contribution in [3.8, 4) is 0 Å². The van der Waals surface area contributed by atoms with Gasteiger partial charge in [0.25, 0.3) is 0 Å². The van der Waals surface area contributed by atoms with Crippen LogP contribution >= 0.6 is 23.7 Å². The maximum Gasteiger partial charge on any atom is 0.237 e. The summed E-state index contributed by atoms with van der Waals surface area (Å²) in [6.07, 6.45) is 3.34. The maximum atomic E-state index is 12.1. The van der Waals surface area contributed by atoms with Crippen molar-refractivity contribution in [2.75, 3.05) is 19.6 Å².